The number of hydrogen-bond acceptors (Lipinski definition) is 3. The molecule has 3 N–H and O–H groups in total. The van der Waals surface area contributed by atoms with Crippen molar-refractivity contribution in [3.05, 3.63) is 23.2 Å². The summed E-state index contributed by atoms with van der Waals surface area (Å²) in [5.41, 5.74) is 6.32. The summed E-state index contributed by atoms with van der Waals surface area (Å²) in [5.74, 6) is 0.234. The van der Waals surface area contributed by atoms with E-state index in [2.05, 4.69) is 5.32 Å². The zero-order chi connectivity index (χ0) is 13.7. The molecule has 0 spiro atoms. The van der Waals surface area contributed by atoms with Crippen molar-refractivity contribution in [1.29, 1.82) is 0 Å². The molecular formula is C13H20Cl2N2O2. The minimum atomic E-state index is -0.254. The van der Waals surface area contributed by atoms with E-state index in [1.54, 1.807) is 32.0 Å². The third kappa shape index (κ3) is 5.27. The molecule has 1 aromatic carbocycles. The van der Waals surface area contributed by atoms with Crippen molar-refractivity contribution in [2.24, 2.45) is 11.7 Å². The van der Waals surface area contributed by atoms with E-state index in [-0.39, 0.29) is 30.3 Å². The molecule has 1 rings (SSSR count). The number of carbonyl (C=O) groups is 1. The fraction of sp³-hybridized carbons (Fsp3) is 0.462. The maximum absolute atomic E-state index is 11.8. The van der Waals surface area contributed by atoms with Crippen LogP contribution >= 0.6 is 24.0 Å². The van der Waals surface area contributed by atoms with E-state index in [1.807, 2.05) is 6.92 Å². The molecule has 1 amide bonds. The molecular weight excluding hydrogens is 287 g/mol. The van der Waals surface area contributed by atoms with Crippen molar-refractivity contribution < 1.29 is 9.53 Å². The van der Waals surface area contributed by atoms with E-state index in [4.69, 9.17) is 22.1 Å². The molecule has 0 bridgehead atoms. The van der Waals surface area contributed by atoms with Gasteiger partial charge in [0, 0.05) is 11.7 Å². The van der Waals surface area contributed by atoms with Gasteiger partial charge >= 0.3 is 0 Å². The molecule has 0 fully saturated rings. The van der Waals surface area contributed by atoms with Gasteiger partial charge in [0.1, 0.15) is 5.75 Å². The molecule has 19 heavy (non-hydrogen) atoms. The normalized spacial score (nSPS) is 13.1. The van der Waals surface area contributed by atoms with Crippen LogP contribution in [0.25, 0.3) is 0 Å². The summed E-state index contributed by atoms with van der Waals surface area (Å²) in [6.07, 6.45) is 0. The highest BCUT2D eigenvalue weighted by Gasteiger charge is 2.17. The van der Waals surface area contributed by atoms with E-state index >= 15 is 0 Å². The predicted molar refractivity (Wildman–Crippen MR) is 81.3 cm³/mol. The molecule has 0 heterocycles. The molecule has 2 unspecified atom stereocenters. The van der Waals surface area contributed by atoms with Gasteiger partial charge in [0.2, 0.25) is 5.91 Å². The lowest BCUT2D eigenvalue weighted by atomic mass is 10.0. The topological polar surface area (TPSA) is 64.3 Å². The summed E-state index contributed by atoms with van der Waals surface area (Å²) >= 11 is 6.03. The van der Waals surface area contributed by atoms with Crippen LogP contribution in [0, 0.1) is 5.92 Å². The maximum Gasteiger partial charge on any atom is 0.228 e. The van der Waals surface area contributed by atoms with Gasteiger partial charge in [0.15, 0.2) is 0 Å². The van der Waals surface area contributed by atoms with E-state index in [0.717, 1.165) is 0 Å². The fourth-order valence-corrected chi connectivity index (χ4v) is 1.58. The lowest BCUT2D eigenvalue weighted by Crippen LogP contribution is -2.34. The number of nitrogens with two attached hydrogens (primary N) is 1. The Morgan fingerprint density at radius 1 is 1.47 bits per heavy atom. The van der Waals surface area contributed by atoms with Crippen LogP contribution in [0.1, 0.15) is 20.8 Å². The minimum Gasteiger partial charge on any atom is -0.492 e. The van der Waals surface area contributed by atoms with Crippen LogP contribution in [0.2, 0.25) is 5.02 Å². The summed E-state index contributed by atoms with van der Waals surface area (Å²) in [6, 6.07) is 4.96. The fourth-order valence-electron chi connectivity index (χ4n) is 1.35. The lowest BCUT2D eigenvalue weighted by Gasteiger charge is -2.16. The first-order valence-corrected chi connectivity index (χ1v) is 6.32. The first-order chi connectivity index (χ1) is 8.45. The Bertz CT molecular complexity index is 425. The summed E-state index contributed by atoms with van der Waals surface area (Å²) < 4.78 is 5.32. The van der Waals surface area contributed by atoms with Crippen LogP contribution in [0.4, 0.5) is 5.69 Å². The minimum absolute atomic E-state index is 0. The first kappa shape index (κ1) is 18.0. The van der Waals surface area contributed by atoms with E-state index < -0.39 is 0 Å². The van der Waals surface area contributed by atoms with Gasteiger partial charge in [-0.3, -0.25) is 4.79 Å². The zero-order valence-electron chi connectivity index (χ0n) is 11.3. The van der Waals surface area contributed by atoms with Gasteiger partial charge in [0.05, 0.1) is 17.5 Å². The number of amides is 1. The van der Waals surface area contributed by atoms with Crippen LogP contribution in [-0.2, 0) is 4.79 Å². The van der Waals surface area contributed by atoms with Crippen LogP contribution in [0.5, 0.6) is 5.75 Å². The van der Waals surface area contributed by atoms with Crippen molar-refractivity contribution in [1.82, 2.24) is 0 Å². The molecule has 1 aromatic rings. The number of rotatable bonds is 5. The van der Waals surface area contributed by atoms with E-state index in [1.165, 1.54) is 0 Å². The molecule has 0 aliphatic rings. The maximum atomic E-state index is 11.8. The molecule has 0 saturated heterocycles. The Balaban J connectivity index is 0.00000324. The van der Waals surface area contributed by atoms with E-state index in [9.17, 15) is 4.79 Å². The number of carbonyl (C=O) groups excluding carboxylic acids is 1. The summed E-state index contributed by atoms with van der Waals surface area (Å²) in [4.78, 5) is 11.8. The highest BCUT2D eigenvalue weighted by atomic mass is 35.5. The molecule has 0 saturated carbocycles. The van der Waals surface area contributed by atoms with Crippen molar-refractivity contribution in [3.63, 3.8) is 0 Å². The Morgan fingerprint density at radius 3 is 2.58 bits per heavy atom. The summed E-state index contributed by atoms with van der Waals surface area (Å²) in [6.45, 7) is 6.02. The number of hydrogen-bond donors (Lipinski definition) is 2. The predicted octanol–water partition coefficient (Wildman–Crippen LogP) is 3.08. The van der Waals surface area contributed by atoms with Gasteiger partial charge < -0.3 is 15.8 Å². The highest BCUT2D eigenvalue weighted by Crippen LogP contribution is 2.27. The second-order valence-electron chi connectivity index (χ2n) is 4.22. The van der Waals surface area contributed by atoms with Crippen molar-refractivity contribution >= 4 is 35.6 Å². The molecule has 4 nitrogen and oxygen atoms in total. The third-order valence-corrected chi connectivity index (χ3v) is 3.00. The van der Waals surface area contributed by atoms with Gasteiger partial charge in [-0.05, 0) is 32.0 Å². The average molecular weight is 307 g/mol. The van der Waals surface area contributed by atoms with Gasteiger partial charge in [-0.15, -0.1) is 12.4 Å². The van der Waals surface area contributed by atoms with Gasteiger partial charge in [0.25, 0.3) is 0 Å². The van der Waals surface area contributed by atoms with Crippen LogP contribution in [0.3, 0.4) is 0 Å². The Labute approximate surface area is 125 Å². The molecule has 0 aliphatic carbocycles. The molecule has 6 heteroatoms. The second-order valence-corrected chi connectivity index (χ2v) is 4.62. The molecule has 0 radical (unpaired) electrons. The summed E-state index contributed by atoms with van der Waals surface area (Å²) in [5, 5.41) is 3.25. The number of benzene rings is 1. The lowest BCUT2D eigenvalue weighted by molar-refractivity contribution is -0.119. The second kappa shape index (κ2) is 8.25. The Morgan fingerprint density at radius 2 is 2.11 bits per heavy atom. The van der Waals surface area contributed by atoms with Gasteiger partial charge in [-0.1, -0.05) is 18.5 Å². The zero-order valence-corrected chi connectivity index (χ0v) is 12.8. The van der Waals surface area contributed by atoms with Gasteiger partial charge in [-0.2, -0.15) is 0 Å². The number of halogens is 2. The quantitative estimate of drug-likeness (QED) is 0.878. The Hall–Kier alpha value is -0.970. The highest BCUT2D eigenvalue weighted by molar-refractivity contribution is 6.32. The van der Waals surface area contributed by atoms with Crippen molar-refractivity contribution in [2.45, 2.75) is 26.8 Å². The number of nitrogens with one attached hydrogen (secondary N) is 1. The molecule has 108 valence electrons. The van der Waals surface area contributed by atoms with Crippen molar-refractivity contribution in [2.75, 3.05) is 11.9 Å². The Kier molecular flexibility index (Phi) is 7.83. The molecule has 2 atom stereocenters. The number of ether oxygens (including phenoxy) is 1. The molecule has 0 aromatic heterocycles. The van der Waals surface area contributed by atoms with Crippen LogP contribution < -0.4 is 15.8 Å². The SMILES string of the molecule is CCOc1ccc(NC(=O)C(C)C(C)N)cc1Cl.Cl. The average Bonchev–Trinajstić information content (AvgIpc) is 2.31. The third-order valence-electron chi connectivity index (χ3n) is 2.70. The van der Waals surface area contributed by atoms with Crippen LogP contribution in [0.15, 0.2) is 18.2 Å². The first-order valence-electron chi connectivity index (χ1n) is 5.94. The smallest absolute Gasteiger partial charge is 0.228 e. The largest absolute Gasteiger partial charge is 0.492 e. The number of anilines is 1. The van der Waals surface area contributed by atoms with Crippen LogP contribution in [-0.4, -0.2) is 18.6 Å². The molecule has 0 aliphatic heterocycles. The van der Waals surface area contributed by atoms with Crippen molar-refractivity contribution in [3.8, 4) is 5.75 Å². The summed E-state index contributed by atoms with van der Waals surface area (Å²) in [7, 11) is 0. The van der Waals surface area contributed by atoms with Gasteiger partial charge in [-0.25, -0.2) is 0 Å². The monoisotopic (exact) mass is 306 g/mol. The standard InChI is InChI=1S/C13H19ClN2O2.ClH/c1-4-18-12-6-5-10(7-11(12)14)16-13(17)8(2)9(3)15;/h5-9H,4,15H2,1-3H3,(H,16,17);1H. The van der Waals surface area contributed by atoms with E-state index in [0.29, 0.717) is 23.1 Å².